The van der Waals surface area contributed by atoms with Crippen molar-refractivity contribution in [3.05, 3.63) is 56.5 Å². The monoisotopic (exact) mass is 357 g/mol. The number of anilines is 1. The average Bonchev–Trinajstić information content (AvgIpc) is 3.02. The highest BCUT2D eigenvalue weighted by Gasteiger charge is 2.16. The second-order valence-corrected chi connectivity index (χ2v) is 6.61. The smallest absolute Gasteiger partial charge is 0.332 e. The lowest BCUT2D eigenvalue weighted by atomic mass is 10.1. The number of aryl methyl sites for hydroxylation is 3. The van der Waals surface area contributed by atoms with Crippen LogP contribution in [0.25, 0.3) is 11.2 Å². The van der Waals surface area contributed by atoms with Crippen molar-refractivity contribution in [1.29, 1.82) is 0 Å². The van der Waals surface area contributed by atoms with Gasteiger partial charge in [0.15, 0.2) is 11.2 Å². The lowest BCUT2D eigenvalue weighted by Crippen LogP contribution is -2.38. The van der Waals surface area contributed by atoms with Crippen LogP contribution in [0.2, 0.25) is 0 Å². The van der Waals surface area contributed by atoms with Crippen LogP contribution in [0.5, 0.6) is 0 Å². The molecule has 2 aromatic heterocycles. The summed E-state index contributed by atoms with van der Waals surface area (Å²) in [5.41, 5.74) is 3.09. The van der Waals surface area contributed by atoms with E-state index in [9.17, 15) is 14.7 Å². The number of nitrogens with zero attached hydrogens (tertiary/aromatic N) is 4. The largest absolute Gasteiger partial charge is 0.389 e. The predicted octanol–water partition coefficient (Wildman–Crippen LogP) is 0.524. The van der Waals surface area contributed by atoms with Crippen LogP contribution in [-0.4, -0.2) is 36.4 Å². The molecule has 1 aromatic carbocycles. The fourth-order valence-electron chi connectivity index (χ4n) is 2.91. The van der Waals surface area contributed by atoms with Gasteiger partial charge in [-0.05, 0) is 37.1 Å². The second kappa shape index (κ2) is 6.80. The number of nitrogens with one attached hydrogen (secondary N) is 1. The van der Waals surface area contributed by atoms with Crippen LogP contribution in [0.15, 0.2) is 34.1 Å². The standard InChI is InChI=1S/C18H23N5O3/c1-11-5-6-13(7-12(11)2)19-8-14(24)9-23-10-20-16-15(23)17(25)22(4)18(26)21(16)3/h5-7,10,14,19,24H,8-9H2,1-4H3/t14-/m0/s1. The Labute approximate surface area is 150 Å². The van der Waals surface area contributed by atoms with E-state index in [0.717, 1.165) is 10.3 Å². The van der Waals surface area contributed by atoms with E-state index >= 15 is 0 Å². The SMILES string of the molecule is Cc1ccc(NC[C@H](O)Cn2cnc3c2c(=O)n(C)c(=O)n3C)cc1C. The topological polar surface area (TPSA) is 94.1 Å². The minimum Gasteiger partial charge on any atom is -0.389 e. The molecule has 2 N–H and O–H groups in total. The van der Waals surface area contributed by atoms with Gasteiger partial charge in [0.25, 0.3) is 5.56 Å². The molecule has 3 rings (SSSR count). The van der Waals surface area contributed by atoms with Gasteiger partial charge in [-0.2, -0.15) is 0 Å². The van der Waals surface area contributed by atoms with Crippen LogP contribution in [0.1, 0.15) is 11.1 Å². The van der Waals surface area contributed by atoms with Crippen LogP contribution >= 0.6 is 0 Å². The number of aliphatic hydroxyl groups is 1. The van der Waals surface area contributed by atoms with Crippen LogP contribution in [-0.2, 0) is 20.6 Å². The average molecular weight is 357 g/mol. The van der Waals surface area contributed by atoms with Crippen molar-refractivity contribution in [2.45, 2.75) is 26.5 Å². The second-order valence-electron chi connectivity index (χ2n) is 6.61. The molecule has 0 unspecified atom stereocenters. The van der Waals surface area contributed by atoms with Gasteiger partial charge in [-0.25, -0.2) is 9.78 Å². The molecular weight excluding hydrogens is 334 g/mol. The molecule has 2 heterocycles. The third kappa shape index (κ3) is 3.15. The van der Waals surface area contributed by atoms with Crippen LogP contribution in [0.4, 0.5) is 5.69 Å². The number of hydrogen-bond acceptors (Lipinski definition) is 5. The summed E-state index contributed by atoms with van der Waals surface area (Å²) >= 11 is 0. The molecule has 1 atom stereocenters. The summed E-state index contributed by atoms with van der Waals surface area (Å²) < 4.78 is 3.96. The first-order valence-corrected chi connectivity index (χ1v) is 8.39. The van der Waals surface area contributed by atoms with E-state index in [1.54, 1.807) is 11.6 Å². The summed E-state index contributed by atoms with van der Waals surface area (Å²) in [6.07, 6.45) is 0.751. The number of aromatic nitrogens is 4. The molecule has 0 aliphatic carbocycles. The number of imidazole rings is 1. The van der Waals surface area contributed by atoms with Crippen molar-refractivity contribution in [3.8, 4) is 0 Å². The van der Waals surface area contributed by atoms with E-state index in [2.05, 4.69) is 10.3 Å². The Hall–Kier alpha value is -2.87. The van der Waals surface area contributed by atoms with Crippen LogP contribution in [0.3, 0.4) is 0 Å². The van der Waals surface area contributed by atoms with E-state index in [-0.39, 0.29) is 6.54 Å². The van der Waals surface area contributed by atoms with Crippen molar-refractivity contribution in [3.63, 3.8) is 0 Å². The molecule has 8 nitrogen and oxygen atoms in total. The van der Waals surface area contributed by atoms with Gasteiger partial charge in [-0.15, -0.1) is 0 Å². The molecule has 0 saturated heterocycles. The summed E-state index contributed by atoms with van der Waals surface area (Å²) in [6.45, 7) is 4.61. The first kappa shape index (κ1) is 17.9. The summed E-state index contributed by atoms with van der Waals surface area (Å²) in [7, 11) is 3.00. The van der Waals surface area contributed by atoms with Gasteiger partial charge in [-0.1, -0.05) is 6.07 Å². The van der Waals surface area contributed by atoms with E-state index in [1.807, 2.05) is 32.0 Å². The van der Waals surface area contributed by atoms with Gasteiger partial charge in [0.1, 0.15) is 0 Å². The van der Waals surface area contributed by atoms with Gasteiger partial charge in [0.05, 0.1) is 19.0 Å². The molecule has 0 radical (unpaired) electrons. The maximum absolute atomic E-state index is 12.4. The summed E-state index contributed by atoms with van der Waals surface area (Å²) in [6, 6.07) is 6.02. The van der Waals surface area contributed by atoms with Crippen LogP contribution < -0.4 is 16.6 Å². The Morgan fingerprint density at radius 3 is 2.58 bits per heavy atom. The first-order chi connectivity index (χ1) is 12.3. The molecule has 26 heavy (non-hydrogen) atoms. The van der Waals surface area contributed by atoms with Crippen molar-refractivity contribution in [1.82, 2.24) is 18.7 Å². The molecule has 0 aliphatic rings. The number of aliphatic hydroxyl groups excluding tert-OH is 1. The highest BCUT2D eigenvalue weighted by Crippen LogP contribution is 2.14. The molecule has 0 bridgehead atoms. The maximum atomic E-state index is 12.4. The zero-order chi connectivity index (χ0) is 19.0. The molecule has 0 aliphatic heterocycles. The van der Waals surface area contributed by atoms with E-state index in [0.29, 0.717) is 17.7 Å². The Morgan fingerprint density at radius 1 is 1.15 bits per heavy atom. The Bertz CT molecular complexity index is 1080. The number of fused-ring (bicyclic) bond motifs is 1. The molecular formula is C18H23N5O3. The van der Waals surface area contributed by atoms with Crippen molar-refractivity contribution >= 4 is 16.9 Å². The third-order valence-corrected chi connectivity index (χ3v) is 4.67. The Balaban J connectivity index is 1.79. The van der Waals surface area contributed by atoms with Crippen molar-refractivity contribution < 1.29 is 5.11 Å². The zero-order valence-corrected chi connectivity index (χ0v) is 15.4. The normalized spacial score (nSPS) is 12.5. The number of rotatable bonds is 5. The minimum absolute atomic E-state index is 0.196. The molecule has 0 amide bonds. The predicted molar refractivity (Wildman–Crippen MR) is 101 cm³/mol. The molecule has 0 spiro atoms. The lowest BCUT2D eigenvalue weighted by Gasteiger charge is -2.15. The molecule has 8 heteroatoms. The fourth-order valence-corrected chi connectivity index (χ4v) is 2.91. The van der Waals surface area contributed by atoms with Crippen LogP contribution in [0, 0.1) is 13.8 Å². The van der Waals surface area contributed by atoms with Gasteiger partial charge in [0, 0.05) is 26.3 Å². The van der Waals surface area contributed by atoms with E-state index in [1.165, 1.54) is 29.1 Å². The molecule has 0 saturated carbocycles. The Kier molecular flexibility index (Phi) is 4.69. The van der Waals surface area contributed by atoms with Gasteiger partial charge < -0.3 is 15.0 Å². The quantitative estimate of drug-likeness (QED) is 0.694. The summed E-state index contributed by atoms with van der Waals surface area (Å²) in [5.74, 6) is 0. The third-order valence-electron chi connectivity index (χ3n) is 4.67. The lowest BCUT2D eigenvalue weighted by molar-refractivity contribution is 0.168. The summed E-state index contributed by atoms with van der Waals surface area (Å²) in [4.78, 5) is 28.5. The summed E-state index contributed by atoms with van der Waals surface area (Å²) in [5, 5.41) is 13.6. The first-order valence-electron chi connectivity index (χ1n) is 8.39. The highest BCUT2D eigenvalue weighted by molar-refractivity contribution is 5.69. The molecule has 3 aromatic rings. The fraction of sp³-hybridized carbons (Fsp3) is 0.389. The van der Waals surface area contributed by atoms with E-state index < -0.39 is 17.4 Å². The van der Waals surface area contributed by atoms with Gasteiger partial charge in [-0.3, -0.25) is 13.9 Å². The molecule has 0 fully saturated rings. The minimum atomic E-state index is -0.726. The number of benzene rings is 1. The highest BCUT2D eigenvalue weighted by atomic mass is 16.3. The van der Waals surface area contributed by atoms with Crippen molar-refractivity contribution in [2.75, 3.05) is 11.9 Å². The van der Waals surface area contributed by atoms with Crippen molar-refractivity contribution in [2.24, 2.45) is 14.1 Å². The van der Waals surface area contributed by atoms with Gasteiger partial charge >= 0.3 is 5.69 Å². The Morgan fingerprint density at radius 2 is 1.88 bits per heavy atom. The van der Waals surface area contributed by atoms with Gasteiger partial charge in [0.2, 0.25) is 0 Å². The molecule has 138 valence electrons. The number of hydrogen-bond donors (Lipinski definition) is 2. The zero-order valence-electron chi connectivity index (χ0n) is 15.4. The van der Waals surface area contributed by atoms with E-state index in [4.69, 9.17) is 0 Å². The maximum Gasteiger partial charge on any atom is 0.332 e.